The number of aromatic nitrogens is 2. The van der Waals surface area contributed by atoms with Gasteiger partial charge in [-0.15, -0.1) is 0 Å². The van der Waals surface area contributed by atoms with E-state index in [0.29, 0.717) is 12.1 Å². The van der Waals surface area contributed by atoms with Gasteiger partial charge in [-0.3, -0.25) is 9.58 Å². The smallest absolute Gasteiger partial charge is 0.339 e. The van der Waals surface area contributed by atoms with Crippen LogP contribution in [0.1, 0.15) is 63.5 Å². The van der Waals surface area contributed by atoms with Crippen LogP contribution in [0.2, 0.25) is 0 Å². The van der Waals surface area contributed by atoms with Crippen LogP contribution in [0.3, 0.4) is 0 Å². The molecule has 0 spiro atoms. The molecule has 1 aromatic rings. The first-order chi connectivity index (χ1) is 9.31. The van der Waals surface area contributed by atoms with Crippen molar-refractivity contribution >= 4 is 5.97 Å². The highest BCUT2D eigenvalue weighted by Crippen LogP contribution is 2.21. The molecule has 1 N–H and O–H groups in total. The van der Waals surface area contributed by atoms with Gasteiger partial charge in [0, 0.05) is 6.54 Å². The predicted octanol–water partition coefficient (Wildman–Crippen LogP) is 2.96. The lowest BCUT2D eigenvalue weighted by molar-refractivity contribution is 0.0693. The molecule has 0 aliphatic rings. The van der Waals surface area contributed by atoms with Crippen LogP contribution >= 0.6 is 0 Å². The molecule has 0 atom stereocenters. The number of rotatable bonds is 7. The summed E-state index contributed by atoms with van der Waals surface area (Å²) in [6.07, 6.45) is 3.59. The zero-order valence-electron chi connectivity index (χ0n) is 13.3. The van der Waals surface area contributed by atoms with Crippen LogP contribution in [0, 0.1) is 0 Å². The Hall–Kier alpha value is -1.36. The van der Waals surface area contributed by atoms with Crippen molar-refractivity contribution in [1.29, 1.82) is 0 Å². The van der Waals surface area contributed by atoms with Crippen molar-refractivity contribution in [2.75, 3.05) is 13.1 Å². The van der Waals surface area contributed by atoms with Gasteiger partial charge in [0.1, 0.15) is 5.56 Å². The molecule has 1 heterocycles. The fraction of sp³-hybridized carbons (Fsp3) is 0.733. The van der Waals surface area contributed by atoms with E-state index in [0.717, 1.165) is 31.6 Å². The van der Waals surface area contributed by atoms with Crippen molar-refractivity contribution < 1.29 is 9.90 Å². The highest BCUT2D eigenvalue weighted by atomic mass is 16.4. The first-order valence-corrected chi connectivity index (χ1v) is 7.34. The SMILES string of the molecule is CCCN(CCC)Cc1c(C(=O)O)cnn1C(C)(C)C. The zero-order valence-corrected chi connectivity index (χ0v) is 13.3. The Morgan fingerprint density at radius 3 is 2.25 bits per heavy atom. The molecule has 5 heteroatoms. The normalized spacial score (nSPS) is 12.1. The second-order valence-corrected chi connectivity index (χ2v) is 6.17. The van der Waals surface area contributed by atoms with E-state index in [4.69, 9.17) is 0 Å². The number of carboxylic acids is 1. The minimum absolute atomic E-state index is 0.215. The largest absolute Gasteiger partial charge is 0.478 e. The second kappa shape index (κ2) is 6.88. The Kier molecular flexibility index (Phi) is 5.74. The van der Waals surface area contributed by atoms with Crippen LogP contribution in [0.25, 0.3) is 0 Å². The molecular weight excluding hydrogens is 254 g/mol. The number of aromatic carboxylic acids is 1. The third-order valence-electron chi connectivity index (χ3n) is 3.19. The molecule has 1 rings (SSSR count). The first-order valence-electron chi connectivity index (χ1n) is 7.34. The molecule has 0 aliphatic heterocycles. The van der Waals surface area contributed by atoms with Gasteiger partial charge in [-0.1, -0.05) is 13.8 Å². The van der Waals surface area contributed by atoms with Crippen molar-refractivity contribution in [3.63, 3.8) is 0 Å². The molecule has 0 saturated heterocycles. The summed E-state index contributed by atoms with van der Waals surface area (Å²) in [5.41, 5.74) is 0.900. The van der Waals surface area contributed by atoms with Gasteiger partial charge in [0.2, 0.25) is 0 Å². The summed E-state index contributed by atoms with van der Waals surface area (Å²) in [5.74, 6) is -0.900. The lowest BCUT2D eigenvalue weighted by atomic mass is 10.1. The fourth-order valence-electron chi connectivity index (χ4n) is 2.40. The average molecular weight is 281 g/mol. The summed E-state index contributed by atoms with van der Waals surface area (Å²) in [4.78, 5) is 13.7. The van der Waals surface area contributed by atoms with Crippen LogP contribution in [0.4, 0.5) is 0 Å². The molecule has 20 heavy (non-hydrogen) atoms. The van der Waals surface area contributed by atoms with E-state index in [1.54, 1.807) is 0 Å². The molecule has 0 radical (unpaired) electrons. The summed E-state index contributed by atoms with van der Waals surface area (Å²) < 4.78 is 1.84. The van der Waals surface area contributed by atoms with E-state index in [-0.39, 0.29) is 5.54 Å². The minimum Gasteiger partial charge on any atom is -0.478 e. The van der Waals surface area contributed by atoms with Crippen LogP contribution in [-0.2, 0) is 12.1 Å². The number of carbonyl (C=O) groups is 1. The highest BCUT2D eigenvalue weighted by Gasteiger charge is 2.25. The van der Waals surface area contributed by atoms with E-state index < -0.39 is 5.97 Å². The highest BCUT2D eigenvalue weighted by molar-refractivity contribution is 5.88. The van der Waals surface area contributed by atoms with Gasteiger partial charge < -0.3 is 5.11 Å². The maximum absolute atomic E-state index is 11.4. The van der Waals surface area contributed by atoms with Crippen molar-refractivity contribution in [3.05, 3.63) is 17.5 Å². The van der Waals surface area contributed by atoms with Gasteiger partial charge in [0.05, 0.1) is 17.4 Å². The number of hydrogen-bond acceptors (Lipinski definition) is 3. The van der Waals surface area contributed by atoms with Crippen molar-refractivity contribution in [2.45, 2.75) is 59.5 Å². The monoisotopic (exact) mass is 281 g/mol. The van der Waals surface area contributed by atoms with Gasteiger partial charge in [-0.2, -0.15) is 5.10 Å². The van der Waals surface area contributed by atoms with Gasteiger partial charge in [0.25, 0.3) is 0 Å². The van der Waals surface area contributed by atoms with Gasteiger partial charge in [-0.25, -0.2) is 4.79 Å². The van der Waals surface area contributed by atoms with Crippen LogP contribution < -0.4 is 0 Å². The maximum Gasteiger partial charge on any atom is 0.339 e. The van der Waals surface area contributed by atoms with Crippen LogP contribution in [-0.4, -0.2) is 38.8 Å². The van der Waals surface area contributed by atoms with E-state index >= 15 is 0 Å². The lowest BCUT2D eigenvalue weighted by Crippen LogP contribution is -2.31. The quantitative estimate of drug-likeness (QED) is 0.834. The molecule has 0 bridgehead atoms. The molecule has 0 aliphatic carbocycles. The molecule has 114 valence electrons. The first kappa shape index (κ1) is 16.7. The minimum atomic E-state index is -0.900. The summed E-state index contributed by atoms with van der Waals surface area (Å²) >= 11 is 0. The Balaban J connectivity index is 3.12. The van der Waals surface area contributed by atoms with Gasteiger partial charge in [-0.05, 0) is 46.7 Å². The Bertz CT molecular complexity index is 440. The van der Waals surface area contributed by atoms with E-state index in [2.05, 4.69) is 23.8 Å². The van der Waals surface area contributed by atoms with Gasteiger partial charge >= 0.3 is 5.97 Å². The van der Waals surface area contributed by atoms with Crippen LogP contribution in [0.15, 0.2) is 6.20 Å². The molecule has 0 amide bonds. The molecule has 0 unspecified atom stereocenters. The molecule has 0 fully saturated rings. The molecule has 1 aromatic heterocycles. The standard InChI is InChI=1S/C15H27N3O2/c1-6-8-17(9-7-2)11-13-12(14(19)20)10-16-18(13)15(3,4)5/h10H,6-9,11H2,1-5H3,(H,19,20). The second-order valence-electron chi connectivity index (χ2n) is 6.17. The zero-order chi connectivity index (χ0) is 15.3. The maximum atomic E-state index is 11.4. The lowest BCUT2D eigenvalue weighted by Gasteiger charge is -2.27. The van der Waals surface area contributed by atoms with E-state index in [9.17, 15) is 9.90 Å². The molecular formula is C15H27N3O2. The number of carboxylic acid groups (broad SMARTS) is 1. The summed E-state index contributed by atoms with van der Waals surface area (Å²) in [5, 5.41) is 13.6. The molecule has 0 saturated carbocycles. The van der Waals surface area contributed by atoms with Crippen molar-refractivity contribution in [2.24, 2.45) is 0 Å². The van der Waals surface area contributed by atoms with E-state index in [1.165, 1.54) is 6.20 Å². The number of hydrogen-bond donors (Lipinski definition) is 1. The topological polar surface area (TPSA) is 58.4 Å². The third-order valence-corrected chi connectivity index (χ3v) is 3.19. The molecule has 0 aromatic carbocycles. The average Bonchev–Trinajstić information content (AvgIpc) is 2.73. The van der Waals surface area contributed by atoms with Crippen molar-refractivity contribution in [1.82, 2.24) is 14.7 Å². The van der Waals surface area contributed by atoms with Gasteiger partial charge in [0.15, 0.2) is 0 Å². The summed E-state index contributed by atoms with van der Waals surface area (Å²) in [6.45, 7) is 13.0. The van der Waals surface area contributed by atoms with E-state index in [1.807, 2.05) is 25.5 Å². The predicted molar refractivity (Wildman–Crippen MR) is 80.0 cm³/mol. The Labute approximate surface area is 121 Å². The number of nitrogens with zero attached hydrogens (tertiary/aromatic N) is 3. The Morgan fingerprint density at radius 2 is 1.85 bits per heavy atom. The third kappa shape index (κ3) is 4.07. The van der Waals surface area contributed by atoms with Crippen molar-refractivity contribution in [3.8, 4) is 0 Å². The van der Waals surface area contributed by atoms with Crippen LogP contribution in [0.5, 0.6) is 0 Å². The summed E-state index contributed by atoms with van der Waals surface area (Å²) in [7, 11) is 0. The molecule has 5 nitrogen and oxygen atoms in total. The fourth-order valence-corrected chi connectivity index (χ4v) is 2.40. The summed E-state index contributed by atoms with van der Waals surface area (Å²) in [6, 6.07) is 0. The Morgan fingerprint density at radius 1 is 1.30 bits per heavy atom.